The van der Waals surface area contributed by atoms with Crippen LogP contribution in [-0.4, -0.2) is 33.3 Å². The van der Waals surface area contributed by atoms with Crippen molar-refractivity contribution in [3.05, 3.63) is 24.3 Å². The van der Waals surface area contributed by atoms with Gasteiger partial charge in [0, 0.05) is 26.2 Å². The van der Waals surface area contributed by atoms with E-state index in [1.165, 1.54) is 31.6 Å². The standard InChI is InChI=1S/C14H20N2O/c1-17-13-5-3-2-4-12(13)16-8-6-14(7-9-16)10-15-11-14/h2-5,15H,6-11H2,1H3. The maximum atomic E-state index is 5.44. The van der Waals surface area contributed by atoms with E-state index in [1.807, 2.05) is 12.1 Å². The van der Waals surface area contributed by atoms with Crippen LogP contribution in [0.15, 0.2) is 24.3 Å². The van der Waals surface area contributed by atoms with Gasteiger partial charge in [0.05, 0.1) is 12.8 Å². The summed E-state index contributed by atoms with van der Waals surface area (Å²) >= 11 is 0. The molecule has 1 aromatic carbocycles. The molecule has 0 atom stereocenters. The Morgan fingerprint density at radius 2 is 1.88 bits per heavy atom. The molecule has 0 bridgehead atoms. The first-order chi connectivity index (χ1) is 8.33. The maximum absolute atomic E-state index is 5.44. The highest BCUT2D eigenvalue weighted by Gasteiger charge is 2.39. The van der Waals surface area contributed by atoms with Gasteiger partial charge in [-0.15, -0.1) is 0 Å². The highest BCUT2D eigenvalue weighted by molar-refractivity contribution is 5.58. The lowest BCUT2D eigenvalue weighted by molar-refractivity contribution is 0.126. The van der Waals surface area contributed by atoms with Crippen molar-refractivity contribution >= 4 is 5.69 Å². The van der Waals surface area contributed by atoms with Crippen molar-refractivity contribution < 1.29 is 4.74 Å². The Morgan fingerprint density at radius 1 is 1.18 bits per heavy atom. The second-order valence-electron chi connectivity index (χ2n) is 5.26. The van der Waals surface area contributed by atoms with Gasteiger partial charge in [0.1, 0.15) is 5.75 Å². The quantitative estimate of drug-likeness (QED) is 0.842. The summed E-state index contributed by atoms with van der Waals surface area (Å²) in [6.07, 6.45) is 2.61. The molecule has 1 N–H and O–H groups in total. The van der Waals surface area contributed by atoms with E-state index in [0.29, 0.717) is 5.41 Å². The van der Waals surface area contributed by atoms with Crippen molar-refractivity contribution in [2.45, 2.75) is 12.8 Å². The number of nitrogens with zero attached hydrogens (tertiary/aromatic N) is 1. The summed E-state index contributed by atoms with van der Waals surface area (Å²) in [6.45, 7) is 4.74. The van der Waals surface area contributed by atoms with Crippen LogP contribution in [0, 0.1) is 5.41 Å². The van der Waals surface area contributed by atoms with Gasteiger partial charge >= 0.3 is 0 Å². The highest BCUT2D eigenvalue weighted by atomic mass is 16.5. The Bertz CT molecular complexity index is 391. The molecular formula is C14H20N2O. The first kappa shape index (κ1) is 10.9. The zero-order valence-electron chi connectivity index (χ0n) is 10.4. The molecule has 0 aliphatic carbocycles. The molecule has 2 fully saturated rings. The third-order valence-corrected chi connectivity index (χ3v) is 4.25. The van der Waals surface area contributed by atoms with Crippen LogP contribution in [-0.2, 0) is 0 Å². The lowest BCUT2D eigenvalue weighted by atomic mass is 9.73. The number of rotatable bonds is 2. The third kappa shape index (κ3) is 1.89. The van der Waals surface area contributed by atoms with Crippen molar-refractivity contribution in [3.8, 4) is 5.75 Å². The second kappa shape index (κ2) is 4.22. The van der Waals surface area contributed by atoms with E-state index in [2.05, 4.69) is 22.3 Å². The van der Waals surface area contributed by atoms with Crippen LogP contribution in [0.1, 0.15) is 12.8 Å². The molecule has 2 heterocycles. The largest absolute Gasteiger partial charge is 0.495 e. The number of piperidine rings is 1. The van der Waals surface area contributed by atoms with Gasteiger partial charge in [0.25, 0.3) is 0 Å². The molecule has 2 aliphatic rings. The Morgan fingerprint density at radius 3 is 2.47 bits per heavy atom. The normalized spacial score (nSPS) is 22.3. The third-order valence-electron chi connectivity index (χ3n) is 4.25. The average molecular weight is 232 g/mol. The number of hydrogen-bond acceptors (Lipinski definition) is 3. The Hall–Kier alpha value is -1.22. The van der Waals surface area contributed by atoms with Gasteiger partial charge in [0.15, 0.2) is 0 Å². The molecule has 3 heteroatoms. The molecular weight excluding hydrogens is 212 g/mol. The van der Waals surface area contributed by atoms with E-state index in [4.69, 9.17) is 4.74 Å². The number of nitrogens with one attached hydrogen (secondary N) is 1. The van der Waals surface area contributed by atoms with Crippen molar-refractivity contribution in [2.24, 2.45) is 5.41 Å². The molecule has 0 saturated carbocycles. The van der Waals surface area contributed by atoms with Gasteiger partial charge < -0.3 is 15.0 Å². The van der Waals surface area contributed by atoms with Crippen LogP contribution in [0.4, 0.5) is 5.69 Å². The van der Waals surface area contributed by atoms with E-state index in [0.717, 1.165) is 18.8 Å². The Kier molecular flexibility index (Phi) is 2.71. The molecule has 92 valence electrons. The monoisotopic (exact) mass is 232 g/mol. The molecule has 0 aromatic heterocycles. The predicted molar refractivity (Wildman–Crippen MR) is 69.7 cm³/mol. The molecule has 3 nitrogen and oxygen atoms in total. The van der Waals surface area contributed by atoms with Crippen LogP contribution in [0.3, 0.4) is 0 Å². The predicted octanol–water partition coefficient (Wildman–Crippen LogP) is 1.88. The van der Waals surface area contributed by atoms with Crippen molar-refractivity contribution in [3.63, 3.8) is 0 Å². The number of hydrogen-bond donors (Lipinski definition) is 1. The summed E-state index contributed by atoms with van der Waals surface area (Å²) < 4.78 is 5.44. The van der Waals surface area contributed by atoms with Gasteiger partial charge in [-0.3, -0.25) is 0 Å². The number of ether oxygens (including phenoxy) is 1. The SMILES string of the molecule is COc1ccccc1N1CCC2(CC1)CNC2. The van der Waals surface area contributed by atoms with Gasteiger partial charge in [-0.05, 0) is 30.4 Å². The van der Waals surface area contributed by atoms with E-state index >= 15 is 0 Å². The summed E-state index contributed by atoms with van der Waals surface area (Å²) in [5.41, 5.74) is 1.86. The fourth-order valence-corrected chi connectivity index (χ4v) is 2.95. The molecule has 0 unspecified atom stereocenters. The fourth-order valence-electron chi connectivity index (χ4n) is 2.95. The van der Waals surface area contributed by atoms with Crippen LogP contribution in [0.2, 0.25) is 0 Å². The van der Waals surface area contributed by atoms with Crippen LogP contribution < -0.4 is 15.0 Å². The summed E-state index contributed by atoms with van der Waals surface area (Å²) in [4.78, 5) is 2.46. The fraction of sp³-hybridized carbons (Fsp3) is 0.571. The van der Waals surface area contributed by atoms with Gasteiger partial charge in [-0.2, -0.15) is 0 Å². The number of benzene rings is 1. The van der Waals surface area contributed by atoms with Gasteiger partial charge in [-0.1, -0.05) is 12.1 Å². The summed E-state index contributed by atoms with van der Waals surface area (Å²) in [5, 5.41) is 3.41. The van der Waals surface area contributed by atoms with Crippen LogP contribution in [0.25, 0.3) is 0 Å². The summed E-state index contributed by atoms with van der Waals surface area (Å²) in [7, 11) is 1.75. The lowest BCUT2D eigenvalue weighted by Crippen LogP contribution is -2.58. The molecule has 2 aliphatic heterocycles. The topological polar surface area (TPSA) is 24.5 Å². The molecule has 0 amide bonds. The molecule has 1 aromatic rings. The lowest BCUT2D eigenvalue weighted by Gasteiger charge is -2.49. The van der Waals surface area contributed by atoms with Gasteiger partial charge in [-0.25, -0.2) is 0 Å². The average Bonchev–Trinajstić information content (AvgIpc) is 2.37. The van der Waals surface area contributed by atoms with E-state index in [9.17, 15) is 0 Å². The van der Waals surface area contributed by atoms with Crippen LogP contribution in [0.5, 0.6) is 5.75 Å². The van der Waals surface area contributed by atoms with Crippen molar-refractivity contribution in [1.29, 1.82) is 0 Å². The minimum atomic E-state index is 0.610. The van der Waals surface area contributed by atoms with E-state index in [-0.39, 0.29) is 0 Å². The summed E-state index contributed by atoms with van der Waals surface area (Å²) in [6, 6.07) is 8.33. The minimum absolute atomic E-state index is 0.610. The van der Waals surface area contributed by atoms with Crippen molar-refractivity contribution in [2.75, 3.05) is 38.2 Å². The zero-order valence-corrected chi connectivity index (χ0v) is 10.4. The van der Waals surface area contributed by atoms with Gasteiger partial charge in [0.2, 0.25) is 0 Å². The molecule has 1 spiro atoms. The highest BCUT2D eigenvalue weighted by Crippen LogP contribution is 2.38. The first-order valence-electron chi connectivity index (χ1n) is 6.42. The smallest absolute Gasteiger partial charge is 0.142 e. The Balaban J connectivity index is 1.73. The second-order valence-corrected chi connectivity index (χ2v) is 5.26. The number of anilines is 1. The molecule has 3 rings (SSSR count). The zero-order chi connectivity index (χ0) is 11.7. The molecule has 17 heavy (non-hydrogen) atoms. The van der Waals surface area contributed by atoms with Crippen LogP contribution >= 0.6 is 0 Å². The van der Waals surface area contributed by atoms with Crippen molar-refractivity contribution in [1.82, 2.24) is 5.32 Å². The Labute approximate surface area is 103 Å². The first-order valence-corrected chi connectivity index (χ1v) is 6.42. The van der Waals surface area contributed by atoms with E-state index in [1.54, 1.807) is 7.11 Å². The maximum Gasteiger partial charge on any atom is 0.142 e. The van der Waals surface area contributed by atoms with E-state index < -0.39 is 0 Å². The number of methoxy groups -OCH3 is 1. The minimum Gasteiger partial charge on any atom is -0.495 e. The summed E-state index contributed by atoms with van der Waals surface area (Å²) in [5.74, 6) is 0.996. The molecule has 2 saturated heterocycles. The number of para-hydroxylation sites is 2. The molecule has 0 radical (unpaired) electrons.